The largest absolute Gasteiger partial charge is 0.316 e. The highest BCUT2D eigenvalue weighted by Gasteiger charge is 2.24. The third-order valence-corrected chi connectivity index (χ3v) is 4.59. The summed E-state index contributed by atoms with van der Waals surface area (Å²) in [4.78, 5) is 0. The van der Waals surface area contributed by atoms with Crippen LogP contribution in [0.1, 0.15) is 32.1 Å². The van der Waals surface area contributed by atoms with Crippen molar-refractivity contribution < 1.29 is 0 Å². The maximum absolute atomic E-state index is 4.05. The van der Waals surface area contributed by atoms with Crippen LogP contribution in [0.3, 0.4) is 0 Å². The summed E-state index contributed by atoms with van der Waals surface area (Å²) in [5.41, 5.74) is 0. The minimum atomic E-state index is 0.587. The first-order chi connectivity index (χ1) is 7.81. The number of hydrogen-bond acceptors (Lipinski definition) is 5. The Bertz CT molecular complexity index is 327. The van der Waals surface area contributed by atoms with Gasteiger partial charge >= 0.3 is 0 Å². The Kier molecular flexibility index (Phi) is 4.17. The van der Waals surface area contributed by atoms with Crippen molar-refractivity contribution in [1.29, 1.82) is 0 Å². The van der Waals surface area contributed by atoms with E-state index in [2.05, 4.69) is 27.9 Å². The van der Waals surface area contributed by atoms with Crippen LogP contribution in [-0.4, -0.2) is 38.5 Å². The maximum atomic E-state index is 4.05. The van der Waals surface area contributed by atoms with Crippen molar-refractivity contribution in [1.82, 2.24) is 25.5 Å². The topological polar surface area (TPSA) is 55.6 Å². The Morgan fingerprint density at radius 2 is 2.12 bits per heavy atom. The van der Waals surface area contributed by atoms with Gasteiger partial charge in [0.2, 0.25) is 5.16 Å². The van der Waals surface area contributed by atoms with Crippen LogP contribution >= 0.6 is 11.8 Å². The van der Waals surface area contributed by atoms with E-state index in [1.807, 2.05) is 18.8 Å². The summed E-state index contributed by atoms with van der Waals surface area (Å²) in [6.07, 6.45) is 6.52. The zero-order valence-electron chi connectivity index (χ0n) is 9.89. The summed E-state index contributed by atoms with van der Waals surface area (Å²) in [5.74, 6) is 0. The highest BCUT2D eigenvalue weighted by atomic mass is 32.2. The van der Waals surface area contributed by atoms with Gasteiger partial charge in [0.05, 0.1) is 0 Å². The Hall–Kier alpha value is -0.620. The Labute approximate surface area is 100 Å². The number of nitrogens with one attached hydrogen (secondary N) is 1. The third kappa shape index (κ3) is 2.74. The SMILES string of the molecule is CNC1CCCCCC1Sc1nnnn1C. The molecule has 16 heavy (non-hydrogen) atoms. The number of rotatable bonds is 3. The van der Waals surface area contributed by atoms with E-state index in [1.54, 1.807) is 4.68 Å². The summed E-state index contributed by atoms with van der Waals surface area (Å²) in [6, 6.07) is 0.587. The van der Waals surface area contributed by atoms with E-state index >= 15 is 0 Å². The summed E-state index contributed by atoms with van der Waals surface area (Å²) in [6.45, 7) is 0. The van der Waals surface area contributed by atoms with Crippen LogP contribution in [0.2, 0.25) is 0 Å². The van der Waals surface area contributed by atoms with E-state index in [1.165, 1.54) is 32.1 Å². The minimum Gasteiger partial charge on any atom is -0.316 e. The van der Waals surface area contributed by atoms with Crippen molar-refractivity contribution in [2.75, 3.05) is 7.05 Å². The molecule has 0 aromatic carbocycles. The fourth-order valence-corrected chi connectivity index (χ4v) is 3.47. The minimum absolute atomic E-state index is 0.587. The lowest BCUT2D eigenvalue weighted by molar-refractivity contribution is 0.508. The average molecular weight is 241 g/mol. The Balaban J connectivity index is 2.03. The van der Waals surface area contributed by atoms with Crippen LogP contribution in [0.4, 0.5) is 0 Å². The molecular formula is C10H19N5S. The third-order valence-electron chi connectivity index (χ3n) is 3.16. The predicted octanol–water partition coefficient (Wildman–Crippen LogP) is 1.22. The molecule has 1 N–H and O–H groups in total. The molecule has 0 aliphatic heterocycles. The predicted molar refractivity (Wildman–Crippen MR) is 64.4 cm³/mol. The molecule has 2 unspecified atom stereocenters. The van der Waals surface area contributed by atoms with Gasteiger partial charge in [-0.2, -0.15) is 0 Å². The van der Waals surface area contributed by atoms with E-state index < -0.39 is 0 Å². The number of aromatic nitrogens is 4. The number of aryl methyl sites for hydroxylation is 1. The van der Waals surface area contributed by atoms with Gasteiger partial charge in [0, 0.05) is 18.3 Å². The number of tetrazole rings is 1. The normalized spacial score (nSPS) is 26.6. The average Bonchev–Trinajstić information content (AvgIpc) is 2.56. The molecule has 1 fully saturated rings. The van der Waals surface area contributed by atoms with Gasteiger partial charge in [0.15, 0.2) is 0 Å². The zero-order valence-corrected chi connectivity index (χ0v) is 10.7. The number of thioether (sulfide) groups is 1. The van der Waals surface area contributed by atoms with Gasteiger partial charge in [-0.05, 0) is 30.3 Å². The van der Waals surface area contributed by atoms with Crippen LogP contribution in [0.15, 0.2) is 5.16 Å². The second-order valence-corrected chi connectivity index (χ2v) is 5.48. The first-order valence-corrected chi connectivity index (χ1v) is 6.75. The quantitative estimate of drug-likeness (QED) is 0.807. The molecule has 0 amide bonds. The molecule has 0 spiro atoms. The van der Waals surface area contributed by atoms with Gasteiger partial charge in [-0.3, -0.25) is 0 Å². The van der Waals surface area contributed by atoms with E-state index in [9.17, 15) is 0 Å². The van der Waals surface area contributed by atoms with Crippen molar-refractivity contribution in [3.63, 3.8) is 0 Å². The first-order valence-electron chi connectivity index (χ1n) is 5.87. The zero-order chi connectivity index (χ0) is 11.4. The molecule has 1 aliphatic rings. The molecule has 0 radical (unpaired) electrons. The van der Waals surface area contributed by atoms with Crippen molar-refractivity contribution in [3.05, 3.63) is 0 Å². The molecule has 0 bridgehead atoms. The fraction of sp³-hybridized carbons (Fsp3) is 0.900. The molecule has 1 aliphatic carbocycles. The lowest BCUT2D eigenvalue weighted by Gasteiger charge is -2.23. The Morgan fingerprint density at radius 3 is 2.81 bits per heavy atom. The van der Waals surface area contributed by atoms with E-state index in [-0.39, 0.29) is 0 Å². The monoisotopic (exact) mass is 241 g/mol. The van der Waals surface area contributed by atoms with Crippen molar-refractivity contribution in [2.45, 2.75) is 48.6 Å². The van der Waals surface area contributed by atoms with Crippen molar-refractivity contribution in [2.24, 2.45) is 7.05 Å². The van der Waals surface area contributed by atoms with Crippen LogP contribution in [0.25, 0.3) is 0 Å². The molecule has 5 nitrogen and oxygen atoms in total. The van der Waals surface area contributed by atoms with E-state index in [4.69, 9.17) is 0 Å². The standard InChI is InChI=1S/C10H19N5S/c1-11-8-6-4-3-5-7-9(8)16-10-12-13-14-15(10)2/h8-9,11H,3-7H2,1-2H3. The van der Waals surface area contributed by atoms with Gasteiger partial charge in [-0.15, -0.1) is 5.10 Å². The van der Waals surface area contributed by atoms with Crippen molar-refractivity contribution in [3.8, 4) is 0 Å². The second kappa shape index (κ2) is 5.63. The van der Waals surface area contributed by atoms with Crippen molar-refractivity contribution >= 4 is 11.8 Å². The van der Waals surface area contributed by atoms with Gasteiger partial charge < -0.3 is 5.32 Å². The molecule has 6 heteroatoms. The number of hydrogen-bond donors (Lipinski definition) is 1. The second-order valence-electron chi connectivity index (χ2n) is 4.27. The van der Waals surface area contributed by atoms with Crippen LogP contribution < -0.4 is 5.32 Å². The fourth-order valence-electron chi connectivity index (χ4n) is 2.20. The molecular weight excluding hydrogens is 222 g/mol. The number of nitrogens with zero attached hydrogens (tertiary/aromatic N) is 4. The smallest absolute Gasteiger partial charge is 0.209 e. The summed E-state index contributed by atoms with van der Waals surface area (Å²) in [5, 5.41) is 16.5. The van der Waals surface area contributed by atoms with E-state index in [0.29, 0.717) is 11.3 Å². The highest BCUT2D eigenvalue weighted by Crippen LogP contribution is 2.31. The van der Waals surface area contributed by atoms with Gasteiger partial charge in [-0.1, -0.05) is 31.0 Å². The lowest BCUT2D eigenvalue weighted by Crippen LogP contribution is -2.34. The van der Waals surface area contributed by atoms with Gasteiger partial charge in [0.1, 0.15) is 0 Å². The van der Waals surface area contributed by atoms with Crippen LogP contribution in [0, 0.1) is 0 Å². The molecule has 2 atom stereocenters. The summed E-state index contributed by atoms with van der Waals surface area (Å²) < 4.78 is 1.75. The first kappa shape index (κ1) is 11.9. The molecule has 1 aromatic rings. The van der Waals surface area contributed by atoms with Crippen LogP contribution in [-0.2, 0) is 7.05 Å². The van der Waals surface area contributed by atoms with Gasteiger partial charge in [-0.25, -0.2) is 4.68 Å². The van der Waals surface area contributed by atoms with Crippen LogP contribution in [0.5, 0.6) is 0 Å². The summed E-state index contributed by atoms with van der Waals surface area (Å²) in [7, 11) is 3.95. The maximum Gasteiger partial charge on any atom is 0.209 e. The lowest BCUT2D eigenvalue weighted by atomic mass is 10.1. The summed E-state index contributed by atoms with van der Waals surface area (Å²) >= 11 is 1.81. The van der Waals surface area contributed by atoms with E-state index in [0.717, 1.165) is 5.16 Å². The molecule has 1 heterocycles. The molecule has 90 valence electrons. The molecule has 2 rings (SSSR count). The van der Waals surface area contributed by atoms with Gasteiger partial charge in [0.25, 0.3) is 0 Å². The molecule has 1 aromatic heterocycles. The molecule has 0 saturated heterocycles. The Morgan fingerprint density at radius 1 is 1.31 bits per heavy atom. The molecule has 1 saturated carbocycles. The highest BCUT2D eigenvalue weighted by molar-refractivity contribution is 7.99.